The van der Waals surface area contributed by atoms with Crippen LogP contribution in [0.5, 0.6) is 0 Å². The van der Waals surface area contributed by atoms with Crippen LogP contribution in [-0.2, 0) is 44.1 Å². The number of hydrogen-bond acceptors (Lipinski definition) is 14. The molecule has 44 heavy (non-hydrogen) atoms. The number of hydrogen-bond donors (Lipinski definition) is 6. The van der Waals surface area contributed by atoms with E-state index in [-0.39, 0.29) is 77.0 Å². The summed E-state index contributed by atoms with van der Waals surface area (Å²) in [7, 11) is -1.34. The second-order valence-electron chi connectivity index (χ2n) is 10.5. The Balaban J connectivity index is 1.94. The van der Waals surface area contributed by atoms with E-state index in [1.807, 2.05) is 0 Å². The highest BCUT2D eigenvalue weighted by Crippen LogP contribution is 2.48. The van der Waals surface area contributed by atoms with Gasteiger partial charge in [0.15, 0.2) is 0 Å². The van der Waals surface area contributed by atoms with Gasteiger partial charge in [-0.25, -0.2) is 4.57 Å². The van der Waals surface area contributed by atoms with Crippen molar-refractivity contribution in [2.24, 2.45) is 11.5 Å². The Labute approximate surface area is 272 Å². The van der Waals surface area contributed by atoms with Crippen LogP contribution < -0.4 is 11.5 Å². The van der Waals surface area contributed by atoms with Crippen molar-refractivity contribution in [3.8, 4) is 0 Å². The van der Waals surface area contributed by atoms with E-state index < -0.39 is 38.8 Å². The number of carbonyl (C=O) groups excluding carboxylic acids is 2. The molecule has 0 saturated carbocycles. The molecule has 2 aliphatic rings. The summed E-state index contributed by atoms with van der Waals surface area (Å²) in [4.78, 5) is 49.5. The van der Waals surface area contributed by atoms with Crippen molar-refractivity contribution in [2.75, 3.05) is 64.1 Å². The third kappa shape index (κ3) is 15.3. The molecular formula is C24H48N4O11P2S3. The zero-order valence-corrected chi connectivity index (χ0v) is 29.1. The molecule has 2 amide bonds. The molecule has 15 nitrogen and oxygen atoms in total. The topological polar surface area (TPSA) is 228 Å². The number of phosphoric acid groups is 1. The van der Waals surface area contributed by atoms with Crippen LogP contribution in [0.4, 0.5) is 0 Å². The summed E-state index contributed by atoms with van der Waals surface area (Å²) in [5, 5.41) is 19.1. The van der Waals surface area contributed by atoms with Crippen LogP contribution >= 0.6 is 36.1 Å². The fraction of sp³-hybridized carbons (Fsp3) is 0.917. The minimum absolute atomic E-state index is 0.0161. The van der Waals surface area contributed by atoms with Crippen molar-refractivity contribution < 1.29 is 52.2 Å². The van der Waals surface area contributed by atoms with Crippen LogP contribution in [0.2, 0.25) is 0 Å². The molecule has 2 aliphatic heterocycles. The summed E-state index contributed by atoms with van der Waals surface area (Å²) in [6, 6.07) is -1.22. The molecular weight excluding hydrogens is 678 g/mol. The number of β-amino-alcohol motifs (C(OH)–C–C–N with tert-alkyl or cyclic N) is 1. The second-order valence-corrected chi connectivity index (χ2v) is 17.4. The molecule has 2 saturated heterocycles. The molecule has 258 valence electrons. The molecule has 0 aromatic carbocycles. The number of unbranched alkanes of at least 4 members (excludes halogenated alkanes) is 2. The summed E-state index contributed by atoms with van der Waals surface area (Å²) in [6.07, 6.45) is 1.96. The number of aliphatic hydroxyl groups is 2. The fourth-order valence-electron chi connectivity index (χ4n) is 4.87. The van der Waals surface area contributed by atoms with Crippen molar-refractivity contribution in [2.45, 2.75) is 75.7 Å². The molecule has 8 N–H and O–H groups in total. The summed E-state index contributed by atoms with van der Waals surface area (Å²) < 4.78 is 34.0. The third-order valence-electron chi connectivity index (χ3n) is 6.89. The van der Waals surface area contributed by atoms with E-state index in [1.54, 1.807) is 21.6 Å². The van der Waals surface area contributed by atoms with Gasteiger partial charge in [0, 0.05) is 44.0 Å². The summed E-state index contributed by atoms with van der Waals surface area (Å²) >= 11 is 4.94. The highest BCUT2D eigenvalue weighted by Gasteiger charge is 2.41. The Morgan fingerprint density at radius 2 is 1.50 bits per heavy atom. The van der Waals surface area contributed by atoms with E-state index in [4.69, 9.17) is 46.5 Å². The molecule has 0 aliphatic carbocycles. The lowest BCUT2D eigenvalue weighted by atomic mass is 10.1. The lowest BCUT2D eigenvalue weighted by molar-refractivity contribution is -0.133. The molecule has 0 aromatic rings. The first-order valence-electron chi connectivity index (χ1n) is 14.7. The monoisotopic (exact) mass is 726 g/mol. The second kappa shape index (κ2) is 21.2. The number of nitrogens with zero attached hydrogens (tertiary/aromatic N) is 2. The lowest BCUT2D eigenvalue weighted by Crippen LogP contribution is -2.38. The van der Waals surface area contributed by atoms with E-state index in [9.17, 15) is 29.0 Å². The van der Waals surface area contributed by atoms with Gasteiger partial charge < -0.3 is 50.3 Å². The van der Waals surface area contributed by atoms with Gasteiger partial charge in [-0.3, -0.25) is 18.6 Å². The van der Waals surface area contributed by atoms with Crippen molar-refractivity contribution in [1.82, 2.24) is 9.80 Å². The van der Waals surface area contributed by atoms with Crippen LogP contribution in [0.25, 0.3) is 0 Å². The van der Waals surface area contributed by atoms with Gasteiger partial charge in [-0.1, -0.05) is 28.0 Å². The molecule has 0 bridgehead atoms. The molecule has 20 heteroatoms. The number of nitrogens with two attached hydrogens (primary N) is 2. The van der Waals surface area contributed by atoms with Crippen molar-refractivity contribution in [1.29, 1.82) is 0 Å². The maximum absolute atomic E-state index is 13.0. The van der Waals surface area contributed by atoms with Crippen molar-refractivity contribution in [3.63, 3.8) is 0 Å². The highest BCUT2D eigenvalue weighted by atomic mass is 33.1. The van der Waals surface area contributed by atoms with Gasteiger partial charge in [0.2, 0.25) is 11.8 Å². The van der Waals surface area contributed by atoms with Gasteiger partial charge in [-0.2, -0.15) is 0 Å². The molecule has 0 radical (unpaired) electrons. The smallest absolute Gasteiger partial charge is 0.394 e. The Bertz CT molecular complexity index is 976. The quantitative estimate of drug-likeness (QED) is 0.0489. The first-order chi connectivity index (χ1) is 20.9. The number of likely N-dealkylation sites (tertiary alicyclic amines) is 2. The predicted molar refractivity (Wildman–Crippen MR) is 173 cm³/mol. The number of amides is 2. The van der Waals surface area contributed by atoms with Crippen LogP contribution in [0.15, 0.2) is 0 Å². The van der Waals surface area contributed by atoms with E-state index in [1.165, 1.54) is 9.80 Å². The predicted octanol–water partition coefficient (Wildman–Crippen LogP) is 0.933. The molecule has 4 unspecified atom stereocenters. The molecule has 0 spiro atoms. The number of aliphatic hydroxyl groups excluding tert-OH is 2. The van der Waals surface area contributed by atoms with Crippen LogP contribution in [0, 0.1) is 0 Å². The minimum atomic E-state index is -4.63. The maximum atomic E-state index is 13.0. The highest BCUT2D eigenvalue weighted by molar-refractivity contribution is 8.76. The molecule has 2 rings (SSSR count). The Morgan fingerprint density at radius 1 is 0.864 bits per heavy atom. The third-order valence-corrected chi connectivity index (χ3v) is 12.1. The van der Waals surface area contributed by atoms with Gasteiger partial charge in [0.25, 0.3) is 0 Å². The average Bonchev–Trinajstić information content (AvgIpc) is 3.56. The normalized spacial score (nSPS) is 24.9. The van der Waals surface area contributed by atoms with E-state index in [2.05, 4.69) is 0 Å². The zero-order chi connectivity index (χ0) is 32.6. The van der Waals surface area contributed by atoms with Gasteiger partial charge in [-0.05, 0) is 50.5 Å². The van der Waals surface area contributed by atoms with E-state index in [0.29, 0.717) is 25.9 Å². The van der Waals surface area contributed by atoms with E-state index >= 15 is 0 Å². The molecule has 0 aromatic heterocycles. The Morgan fingerprint density at radius 3 is 2.18 bits per heavy atom. The number of rotatable bonds is 23. The Kier molecular flexibility index (Phi) is 19.4. The fourth-order valence-corrected chi connectivity index (χ4v) is 8.92. The van der Waals surface area contributed by atoms with Crippen molar-refractivity contribution >= 4 is 59.8 Å². The van der Waals surface area contributed by atoms with Crippen molar-refractivity contribution in [3.05, 3.63) is 0 Å². The SMILES string of the molecule is NCCCCCC(=O)N1C[C@H](OP(=O)(O)OCC2C[C@@H](O)CN2C(=O)CCCSSCCN)CC1COP(O)(=S)OCCO. The van der Waals surface area contributed by atoms with Crippen LogP contribution in [-0.4, -0.2) is 130 Å². The first-order valence-corrected chi connectivity index (χ1v) is 21.3. The van der Waals surface area contributed by atoms with Gasteiger partial charge in [0.05, 0.1) is 50.7 Å². The van der Waals surface area contributed by atoms with Gasteiger partial charge in [0.1, 0.15) is 0 Å². The number of carbonyl (C=O) groups is 2. The zero-order valence-electron chi connectivity index (χ0n) is 24.9. The molecule has 6 atom stereocenters. The standard InChI is InChI=1S/C24H48N4O11P2S3/c25-7-3-1-2-5-23(31)28-16-22(14-20(28)18-38-41(35,42)36-10-9-29)39-40(33,34)37-17-19-13-21(30)15-27(19)24(32)6-4-11-43-44-12-8-26/h19-22,29-30H,1-18,25-26H2,(H,33,34)(H,35,42)/t19?,20?,21-,22-,41?/m1/s1. The maximum Gasteiger partial charge on any atom is 0.472 e. The Hall–Kier alpha value is 0.120. The molecule has 2 fully saturated rings. The van der Waals surface area contributed by atoms with Crippen LogP contribution in [0.3, 0.4) is 0 Å². The lowest BCUT2D eigenvalue weighted by Gasteiger charge is -2.26. The van der Waals surface area contributed by atoms with Crippen LogP contribution in [0.1, 0.15) is 51.4 Å². The van der Waals surface area contributed by atoms with Gasteiger partial charge in [-0.15, -0.1) is 0 Å². The minimum Gasteiger partial charge on any atom is -0.394 e. The molecule has 2 heterocycles. The largest absolute Gasteiger partial charge is 0.472 e. The summed E-state index contributed by atoms with van der Waals surface area (Å²) in [5.41, 5.74) is 11.0. The first kappa shape index (κ1) is 40.3. The summed E-state index contributed by atoms with van der Waals surface area (Å²) in [5.74, 6) is 1.22. The van der Waals surface area contributed by atoms with E-state index in [0.717, 1.165) is 24.3 Å². The van der Waals surface area contributed by atoms with Gasteiger partial charge >= 0.3 is 14.5 Å². The average molecular weight is 727 g/mol. The summed E-state index contributed by atoms with van der Waals surface area (Å²) in [6.45, 7) is -3.55. The number of phosphoric ester groups is 1.